The van der Waals surface area contributed by atoms with Crippen molar-refractivity contribution in [3.63, 3.8) is 0 Å². The van der Waals surface area contributed by atoms with Gasteiger partial charge >= 0.3 is 0 Å². The second-order valence-electron chi connectivity index (χ2n) is 5.51. The fourth-order valence-corrected chi connectivity index (χ4v) is 2.62. The third-order valence-corrected chi connectivity index (χ3v) is 3.80. The van der Waals surface area contributed by atoms with Gasteiger partial charge in [-0.15, -0.1) is 0 Å². The Morgan fingerprint density at radius 3 is 2.69 bits per heavy atom. The fraction of sp³-hybridized carbons (Fsp3) is 1.00. The molecule has 0 saturated carbocycles. The molecule has 1 aliphatic rings. The van der Waals surface area contributed by atoms with Crippen molar-refractivity contribution in [2.75, 3.05) is 26.2 Å². The van der Waals surface area contributed by atoms with Crippen molar-refractivity contribution in [3.05, 3.63) is 0 Å². The summed E-state index contributed by atoms with van der Waals surface area (Å²) in [4.78, 5) is 2.47. The van der Waals surface area contributed by atoms with Crippen LogP contribution in [-0.2, 0) is 0 Å². The Balaban J connectivity index is 2.29. The molecule has 1 fully saturated rings. The van der Waals surface area contributed by atoms with Crippen LogP contribution in [-0.4, -0.2) is 42.3 Å². The molecule has 0 aromatic carbocycles. The molecule has 96 valence electrons. The monoisotopic (exact) mass is 228 g/mol. The zero-order valence-electron chi connectivity index (χ0n) is 10.9. The highest BCUT2D eigenvalue weighted by Crippen LogP contribution is 2.24. The normalized spacial score (nSPS) is 25.7. The van der Waals surface area contributed by atoms with Gasteiger partial charge in [0.1, 0.15) is 0 Å². The molecule has 2 unspecified atom stereocenters. The summed E-state index contributed by atoms with van der Waals surface area (Å²) in [6.07, 6.45) is 4.70. The highest BCUT2D eigenvalue weighted by molar-refractivity contribution is 4.75. The summed E-state index contributed by atoms with van der Waals surface area (Å²) in [5.41, 5.74) is 5.96. The molecular weight excluding hydrogens is 200 g/mol. The summed E-state index contributed by atoms with van der Waals surface area (Å²) in [5.74, 6) is 1.70. The Labute approximate surface area is 100 Å². The van der Waals surface area contributed by atoms with Gasteiger partial charge in [-0.3, -0.25) is 0 Å². The Hall–Kier alpha value is -0.120. The van der Waals surface area contributed by atoms with Gasteiger partial charge < -0.3 is 15.7 Å². The lowest BCUT2D eigenvalue weighted by Gasteiger charge is -2.24. The molecule has 1 rings (SSSR count). The number of rotatable bonds is 5. The van der Waals surface area contributed by atoms with Crippen LogP contribution in [0.5, 0.6) is 0 Å². The number of nitrogens with two attached hydrogens (primary N) is 1. The summed E-state index contributed by atoms with van der Waals surface area (Å²) in [6.45, 7) is 8.19. The lowest BCUT2D eigenvalue weighted by atomic mass is 9.89. The van der Waals surface area contributed by atoms with Crippen LogP contribution in [0.3, 0.4) is 0 Å². The molecule has 0 radical (unpaired) electrons. The summed E-state index contributed by atoms with van der Waals surface area (Å²) in [6, 6.07) is 0.139. The van der Waals surface area contributed by atoms with Crippen LogP contribution in [0.4, 0.5) is 0 Å². The highest BCUT2D eigenvalue weighted by atomic mass is 16.3. The van der Waals surface area contributed by atoms with Crippen molar-refractivity contribution in [3.8, 4) is 0 Å². The molecular formula is C13H28N2O. The van der Waals surface area contributed by atoms with Gasteiger partial charge in [0.2, 0.25) is 0 Å². The quantitative estimate of drug-likeness (QED) is 0.749. The van der Waals surface area contributed by atoms with E-state index in [0.717, 1.165) is 24.8 Å². The van der Waals surface area contributed by atoms with Gasteiger partial charge in [-0.2, -0.15) is 0 Å². The highest BCUT2D eigenvalue weighted by Gasteiger charge is 2.20. The van der Waals surface area contributed by atoms with Gasteiger partial charge in [0.25, 0.3) is 0 Å². The first kappa shape index (κ1) is 13.9. The van der Waals surface area contributed by atoms with Gasteiger partial charge in [0.05, 0.1) is 0 Å². The molecule has 1 heterocycles. The van der Waals surface area contributed by atoms with E-state index < -0.39 is 0 Å². The van der Waals surface area contributed by atoms with Crippen LogP contribution in [0.25, 0.3) is 0 Å². The Bertz CT molecular complexity index is 185. The van der Waals surface area contributed by atoms with E-state index in [1.807, 2.05) is 0 Å². The van der Waals surface area contributed by atoms with Crippen LogP contribution in [0.1, 0.15) is 39.5 Å². The van der Waals surface area contributed by atoms with E-state index in [9.17, 15) is 0 Å². The first-order chi connectivity index (χ1) is 7.63. The van der Waals surface area contributed by atoms with Crippen molar-refractivity contribution in [2.45, 2.75) is 45.6 Å². The first-order valence-electron chi connectivity index (χ1n) is 6.72. The minimum absolute atomic E-state index is 0.139. The molecule has 0 amide bonds. The van der Waals surface area contributed by atoms with Crippen molar-refractivity contribution in [1.82, 2.24) is 4.90 Å². The van der Waals surface area contributed by atoms with E-state index in [4.69, 9.17) is 10.8 Å². The zero-order valence-corrected chi connectivity index (χ0v) is 10.9. The van der Waals surface area contributed by atoms with Crippen molar-refractivity contribution >= 4 is 0 Å². The summed E-state index contributed by atoms with van der Waals surface area (Å²) < 4.78 is 0. The van der Waals surface area contributed by atoms with Crippen molar-refractivity contribution in [1.29, 1.82) is 0 Å². The second kappa shape index (κ2) is 7.25. The predicted molar refractivity (Wildman–Crippen MR) is 68.3 cm³/mol. The smallest absolute Gasteiger partial charge is 0.0446 e. The van der Waals surface area contributed by atoms with Gasteiger partial charge in [0, 0.05) is 19.2 Å². The number of aliphatic hydroxyl groups excluding tert-OH is 1. The number of hydrogen-bond acceptors (Lipinski definition) is 3. The van der Waals surface area contributed by atoms with Crippen molar-refractivity contribution in [2.24, 2.45) is 17.6 Å². The van der Waals surface area contributed by atoms with E-state index in [0.29, 0.717) is 0 Å². The summed E-state index contributed by atoms with van der Waals surface area (Å²) >= 11 is 0. The van der Waals surface area contributed by atoms with Gasteiger partial charge in [-0.25, -0.2) is 0 Å². The average molecular weight is 228 g/mol. The predicted octanol–water partition coefficient (Wildman–Crippen LogP) is 1.45. The maximum atomic E-state index is 8.84. The molecule has 0 bridgehead atoms. The molecule has 1 saturated heterocycles. The van der Waals surface area contributed by atoms with E-state index >= 15 is 0 Å². The molecule has 3 N–H and O–H groups in total. The van der Waals surface area contributed by atoms with E-state index in [1.54, 1.807) is 0 Å². The van der Waals surface area contributed by atoms with E-state index in [1.165, 1.54) is 32.4 Å². The maximum absolute atomic E-state index is 8.84. The van der Waals surface area contributed by atoms with Crippen LogP contribution in [0.15, 0.2) is 0 Å². The topological polar surface area (TPSA) is 49.5 Å². The fourth-order valence-electron chi connectivity index (χ4n) is 2.62. The maximum Gasteiger partial charge on any atom is 0.0446 e. The largest absolute Gasteiger partial charge is 0.396 e. The van der Waals surface area contributed by atoms with Crippen LogP contribution >= 0.6 is 0 Å². The molecule has 0 spiro atoms. The number of likely N-dealkylation sites (tertiary alicyclic amines) is 1. The number of hydrogen-bond donors (Lipinski definition) is 2. The third-order valence-electron chi connectivity index (χ3n) is 3.80. The SMILES string of the molecule is CC(C)C1CCCN(CC(N)CCO)CC1. The third kappa shape index (κ3) is 4.81. The summed E-state index contributed by atoms with van der Waals surface area (Å²) in [5, 5.41) is 8.84. The number of aliphatic hydroxyl groups is 1. The molecule has 0 aromatic rings. The van der Waals surface area contributed by atoms with Crippen LogP contribution in [0.2, 0.25) is 0 Å². The lowest BCUT2D eigenvalue weighted by molar-refractivity contribution is 0.225. The molecule has 2 atom stereocenters. The molecule has 3 heteroatoms. The standard InChI is InChI=1S/C13H28N2O/c1-11(2)12-4-3-7-15(8-5-12)10-13(14)6-9-16/h11-13,16H,3-10,14H2,1-2H3. The molecule has 16 heavy (non-hydrogen) atoms. The average Bonchev–Trinajstić information content (AvgIpc) is 2.43. The molecule has 1 aliphatic heterocycles. The zero-order chi connectivity index (χ0) is 12.0. The molecule has 0 aromatic heterocycles. The molecule has 3 nitrogen and oxygen atoms in total. The number of nitrogens with zero attached hydrogens (tertiary/aromatic N) is 1. The summed E-state index contributed by atoms with van der Waals surface area (Å²) in [7, 11) is 0. The van der Waals surface area contributed by atoms with E-state index in [-0.39, 0.29) is 12.6 Å². The van der Waals surface area contributed by atoms with Gasteiger partial charge in [0.15, 0.2) is 0 Å². The minimum Gasteiger partial charge on any atom is -0.396 e. The molecule has 0 aliphatic carbocycles. The Morgan fingerprint density at radius 2 is 2.06 bits per heavy atom. The Morgan fingerprint density at radius 1 is 1.31 bits per heavy atom. The van der Waals surface area contributed by atoms with Crippen LogP contribution < -0.4 is 5.73 Å². The Kier molecular flexibility index (Phi) is 6.32. The lowest BCUT2D eigenvalue weighted by Crippen LogP contribution is -2.38. The minimum atomic E-state index is 0.139. The van der Waals surface area contributed by atoms with Crippen LogP contribution in [0, 0.1) is 11.8 Å². The van der Waals surface area contributed by atoms with Gasteiger partial charge in [-0.1, -0.05) is 13.8 Å². The van der Waals surface area contributed by atoms with Gasteiger partial charge in [-0.05, 0) is 50.6 Å². The first-order valence-corrected chi connectivity index (χ1v) is 6.72. The van der Waals surface area contributed by atoms with E-state index in [2.05, 4.69) is 18.7 Å². The van der Waals surface area contributed by atoms with Crippen molar-refractivity contribution < 1.29 is 5.11 Å². The second-order valence-corrected chi connectivity index (χ2v) is 5.51.